The van der Waals surface area contributed by atoms with Crippen molar-refractivity contribution < 1.29 is 21.1 Å². The Labute approximate surface area is 248 Å². The van der Waals surface area contributed by atoms with Crippen molar-refractivity contribution in [2.75, 3.05) is 4.90 Å². The standard InChI is InChI=1S/C36H23N3.Pt/c1-2-16-32(17-3-1)39(33-18-8-14-28(20-33)35-22-26-10-4-6-12-30(26)24-37-35)34-19-9-15-29(21-34)36-23-27-11-5-7-13-31(27)25-38-36;/h1-19,22-25H;/q-2;+2. The number of pyridine rings is 2. The second-order valence-electron chi connectivity index (χ2n) is 9.40. The van der Waals surface area contributed by atoms with Gasteiger partial charge >= 0.3 is 21.1 Å². The molecule has 7 rings (SSSR count). The van der Waals surface area contributed by atoms with Gasteiger partial charge in [0.15, 0.2) is 0 Å². The maximum atomic E-state index is 4.74. The Morgan fingerprint density at radius 2 is 0.900 bits per heavy atom. The minimum absolute atomic E-state index is 0. The van der Waals surface area contributed by atoms with Crippen LogP contribution in [0, 0.1) is 12.1 Å². The fraction of sp³-hybridized carbons (Fsp3) is 0. The van der Waals surface area contributed by atoms with Gasteiger partial charge in [0.1, 0.15) is 0 Å². The van der Waals surface area contributed by atoms with Gasteiger partial charge in [0, 0.05) is 18.1 Å². The second-order valence-corrected chi connectivity index (χ2v) is 9.40. The van der Waals surface area contributed by atoms with E-state index in [-0.39, 0.29) is 21.1 Å². The van der Waals surface area contributed by atoms with Gasteiger partial charge in [-0.05, 0) is 56.4 Å². The van der Waals surface area contributed by atoms with Gasteiger partial charge in [-0.3, -0.25) is 0 Å². The molecule has 0 saturated heterocycles. The van der Waals surface area contributed by atoms with Crippen LogP contribution in [-0.2, 0) is 21.1 Å². The van der Waals surface area contributed by atoms with E-state index in [2.05, 4.69) is 114 Å². The molecule has 40 heavy (non-hydrogen) atoms. The van der Waals surface area contributed by atoms with E-state index < -0.39 is 0 Å². The van der Waals surface area contributed by atoms with Crippen molar-refractivity contribution in [3.63, 3.8) is 0 Å². The fourth-order valence-corrected chi connectivity index (χ4v) is 4.92. The summed E-state index contributed by atoms with van der Waals surface area (Å²) >= 11 is 0. The third-order valence-corrected chi connectivity index (χ3v) is 6.87. The molecule has 3 nitrogen and oxygen atoms in total. The smallest absolute Gasteiger partial charge is 0.346 e. The zero-order valence-electron chi connectivity index (χ0n) is 21.4. The summed E-state index contributed by atoms with van der Waals surface area (Å²) in [4.78, 5) is 11.6. The molecule has 0 bridgehead atoms. The Morgan fingerprint density at radius 1 is 0.450 bits per heavy atom. The quantitative estimate of drug-likeness (QED) is 0.169. The second kappa shape index (κ2) is 11.3. The van der Waals surface area contributed by atoms with Gasteiger partial charge in [-0.15, -0.1) is 59.7 Å². The zero-order chi connectivity index (χ0) is 26.0. The Balaban J connectivity index is 0.00000289. The maximum absolute atomic E-state index is 4.74. The fourth-order valence-electron chi connectivity index (χ4n) is 4.92. The first-order valence-electron chi connectivity index (χ1n) is 12.9. The van der Waals surface area contributed by atoms with Crippen LogP contribution in [0.1, 0.15) is 0 Å². The summed E-state index contributed by atoms with van der Waals surface area (Å²) < 4.78 is 0. The summed E-state index contributed by atoms with van der Waals surface area (Å²) in [6.45, 7) is 0. The molecule has 0 aliphatic heterocycles. The van der Waals surface area contributed by atoms with Gasteiger partial charge in [0.2, 0.25) is 0 Å². The SMILES string of the molecule is [Pt+2].[c-]1c(-c2cc3ccccc3cn2)cccc1N(c1[c-]c(-c2cc3ccccc3cn2)ccc1)c1ccccc1. The summed E-state index contributed by atoms with van der Waals surface area (Å²) in [6.07, 6.45) is 3.85. The molecular formula is C36H23N3Pt. The van der Waals surface area contributed by atoms with Crippen LogP contribution < -0.4 is 4.90 Å². The summed E-state index contributed by atoms with van der Waals surface area (Å²) in [7, 11) is 0. The van der Waals surface area contributed by atoms with Crippen molar-refractivity contribution in [3.8, 4) is 22.5 Å². The molecular weight excluding hydrogens is 669 g/mol. The van der Waals surface area contributed by atoms with Crippen LogP contribution in [0.15, 0.2) is 140 Å². The number of aromatic nitrogens is 2. The number of nitrogens with zero attached hydrogens (tertiary/aromatic N) is 3. The monoisotopic (exact) mass is 692 g/mol. The Kier molecular flexibility index (Phi) is 7.23. The number of benzene rings is 5. The van der Waals surface area contributed by atoms with Crippen molar-refractivity contribution in [2.45, 2.75) is 0 Å². The molecule has 7 aromatic rings. The summed E-state index contributed by atoms with van der Waals surface area (Å²) in [5.74, 6) is 0. The number of fused-ring (bicyclic) bond motifs is 2. The van der Waals surface area contributed by atoms with Gasteiger partial charge in [0.05, 0.1) is 0 Å². The van der Waals surface area contributed by atoms with Crippen molar-refractivity contribution in [2.24, 2.45) is 0 Å². The molecule has 0 atom stereocenters. The van der Waals surface area contributed by atoms with Gasteiger partial charge in [-0.1, -0.05) is 78.9 Å². The Hall–Kier alpha value is -4.59. The molecule has 4 heteroatoms. The third-order valence-electron chi connectivity index (χ3n) is 6.87. The van der Waals surface area contributed by atoms with Gasteiger partial charge in [-0.25, -0.2) is 0 Å². The summed E-state index contributed by atoms with van der Waals surface area (Å²) in [5, 5.41) is 4.56. The number of hydrogen-bond acceptors (Lipinski definition) is 3. The number of rotatable bonds is 5. The molecule has 2 heterocycles. The van der Waals surface area contributed by atoms with Crippen LogP contribution in [0.2, 0.25) is 0 Å². The van der Waals surface area contributed by atoms with Gasteiger partial charge < -0.3 is 14.9 Å². The third kappa shape index (κ3) is 5.04. The molecule has 0 aliphatic rings. The van der Waals surface area contributed by atoms with Gasteiger partial charge in [0.25, 0.3) is 0 Å². The van der Waals surface area contributed by atoms with E-state index in [1.54, 1.807) is 0 Å². The van der Waals surface area contributed by atoms with Gasteiger partial charge in [-0.2, -0.15) is 0 Å². The first-order chi connectivity index (χ1) is 19.3. The van der Waals surface area contributed by atoms with E-state index in [9.17, 15) is 0 Å². The average molecular weight is 693 g/mol. The molecule has 0 spiro atoms. The minimum Gasteiger partial charge on any atom is -0.346 e. The molecule has 5 aromatic carbocycles. The van der Waals surface area contributed by atoms with Crippen molar-refractivity contribution in [1.82, 2.24) is 9.97 Å². The summed E-state index contributed by atoms with van der Waals surface area (Å²) in [6, 6.07) is 50.8. The number of para-hydroxylation sites is 1. The van der Waals surface area contributed by atoms with E-state index in [0.717, 1.165) is 61.1 Å². The molecule has 0 unspecified atom stereocenters. The van der Waals surface area contributed by atoms with E-state index >= 15 is 0 Å². The van der Waals surface area contributed by atoms with Crippen LogP contribution in [0.25, 0.3) is 44.1 Å². The van der Waals surface area contributed by atoms with Crippen LogP contribution >= 0.6 is 0 Å². The first-order valence-corrected chi connectivity index (χ1v) is 12.9. The van der Waals surface area contributed by atoms with Crippen LogP contribution in [0.4, 0.5) is 17.1 Å². The Morgan fingerprint density at radius 3 is 1.40 bits per heavy atom. The minimum atomic E-state index is 0. The molecule has 0 aliphatic carbocycles. The van der Waals surface area contributed by atoms with E-state index in [4.69, 9.17) is 9.97 Å². The largest absolute Gasteiger partial charge is 2.00 e. The van der Waals surface area contributed by atoms with Crippen molar-refractivity contribution >= 4 is 38.6 Å². The van der Waals surface area contributed by atoms with E-state index in [1.165, 1.54) is 0 Å². The normalized spacial score (nSPS) is 10.8. The van der Waals surface area contributed by atoms with Crippen molar-refractivity contribution in [3.05, 3.63) is 152 Å². The topological polar surface area (TPSA) is 29.0 Å². The number of anilines is 3. The molecule has 0 saturated carbocycles. The van der Waals surface area contributed by atoms with E-state index in [0.29, 0.717) is 0 Å². The van der Waals surface area contributed by atoms with Crippen LogP contribution in [-0.4, -0.2) is 9.97 Å². The predicted molar refractivity (Wildman–Crippen MR) is 160 cm³/mol. The first kappa shape index (κ1) is 25.7. The molecule has 2 aromatic heterocycles. The zero-order valence-corrected chi connectivity index (χ0v) is 23.7. The number of hydrogen-bond donors (Lipinski definition) is 0. The molecule has 0 amide bonds. The Bertz CT molecular complexity index is 1810. The molecule has 0 radical (unpaired) electrons. The molecule has 0 fully saturated rings. The molecule has 0 N–H and O–H groups in total. The van der Waals surface area contributed by atoms with Crippen LogP contribution in [0.5, 0.6) is 0 Å². The molecule has 192 valence electrons. The predicted octanol–water partition coefficient (Wildman–Crippen LogP) is 9.18. The van der Waals surface area contributed by atoms with Crippen LogP contribution in [0.3, 0.4) is 0 Å². The van der Waals surface area contributed by atoms with Crippen molar-refractivity contribution in [1.29, 1.82) is 0 Å². The maximum Gasteiger partial charge on any atom is 2.00 e. The van der Waals surface area contributed by atoms with E-state index in [1.807, 2.05) is 42.7 Å². The average Bonchev–Trinajstić information content (AvgIpc) is 3.01. The summed E-state index contributed by atoms with van der Waals surface area (Å²) in [5.41, 5.74) is 6.50.